The van der Waals surface area contributed by atoms with Gasteiger partial charge in [0.05, 0.1) is 0 Å². The van der Waals surface area contributed by atoms with E-state index in [0.717, 1.165) is 30.7 Å². The molecule has 1 aliphatic carbocycles. The van der Waals surface area contributed by atoms with Gasteiger partial charge in [0.1, 0.15) is 0 Å². The van der Waals surface area contributed by atoms with Crippen molar-refractivity contribution in [3.05, 3.63) is 53.8 Å². The SMILES string of the molecule is CCc1noc(C2CC(NC(=O)c3cc(-c4ccccc4)on3)C2)n1. The van der Waals surface area contributed by atoms with Gasteiger partial charge in [0.25, 0.3) is 5.91 Å². The molecule has 128 valence electrons. The molecular formula is C18H18N4O3. The van der Waals surface area contributed by atoms with E-state index >= 15 is 0 Å². The van der Waals surface area contributed by atoms with Crippen LogP contribution in [0, 0.1) is 0 Å². The minimum atomic E-state index is -0.228. The number of hydrogen-bond acceptors (Lipinski definition) is 6. The molecule has 0 radical (unpaired) electrons. The Balaban J connectivity index is 1.34. The fourth-order valence-corrected chi connectivity index (χ4v) is 2.89. The normalized spacial score (nSPS) is 19.4. The lowest BCUT2D eigenvalue weighted by Crippen LogP contribution is -2.43. The number of nitrogens with zero attached hydrogens (tertiary/aromatic N) is 3. The van der Waals surface area contributed by atoms with Gasteiger partial charge >= 0.3 is 0 Å². The van der Waals surface area contributed by atoms with Crippen LogP contribution in [0.1, 0.15) is 47.9 Å². The van der Waals surface area contributed by atoms with Crippen molar-refractivity contribution in [1.29, 1.82) is 0 Å². The lowest BCUT2D eigenvalue weighted by molar-refractivity contribution is 0.0892. The molecule has 2 heterocycles. The second-order valence-corrected chi connectivity index (χ2v) is 6.18. The van der Waals surface area contributed by atoms with Crippen LogP contribution in [-0.4, -0.2) is 27.2 Å². The van der Waals surface area contributed by atoms with Crippen LogP contribution in [0.5, 0.6) is 0 Å². The number of hydrogen-bond donors (Lipinski definition) is 1. The summed E-state index contributed by atoms with van der Waals surface area (Å²) in [5.74, 6) is 1.95. The van der Waals surface area contributed by atoms with Crippen LogP contribution in [0.2, 0.25) is 0 Å². The van der Waals surface area contributed by atoms with E-state index in [0.29, 0.717) is 11.7 Å². The van der Waals surface area contributed by atoms with Gasteiger partial charge in [-0.25, -0.2) is 0 Å². The van der Waals surface area contributed by atoms with Crippen LogP contribution in [0.3, 0.4) is 0 Å². The van der Waals surface area contributed by atoms with Gasteiger partial charge in [-0.1, -0.05) is 47.6 Å². The molecule has 1 aliphatic rings. The van der Waals surface area contributed by atoms with E-state index in [2.05, 4.69) is 20.6 Å². The maximum Gasteiger partial charge on any atom is 0.273 e. The number of carbonyl (C=O) groups excluding carboxylic acids is 1. The monoisotopic (exact) mass is 338 g/mol. The second kappa shape index (κ2) is 6.51. The van der Waals surface area contributed by atoms with E-state index in [9.17, 15) is 4.79 Å². The molecule has 3 aromatic rings. The first-order chi connectivity index (χ1) is 12.2. The number of amides is 1. The molecule has 1 saturated carbocycles. The highest BCUT2D eigenvalue weighted by atomic mass is 16.5. The smallest absolute Gasteiger partial charge is 0.273 e. The number of carbonyl (C=O) groups is 1. The Labute approximate surface area is 144 Å². The van der Waals surface area contributed by atoms with Crippen molar-refractivity contribution in [2.24, 2.45) is 0 Å². The largest absolute Gasteiger partial charge is 0.355 e. The average molecular weight is 338 g/mol. The third-order valence-corrected chi connectivity index (χ3v) is 4.42. The number of benzene rings is 1. The van der Waals surface area contributed by atoms with Crippen LogP contribution >= 0.6 is 0 Å². The van der Waals surface area contributed by atoms with E-state index in [1.165, 1.54) is 0 Å². The lowest BCUT2D eigenvalue weighted by Gasteiger charge is -2.32. The van der Waals surface area contributed by atoms with Gasteiger partial charge in [0.15, 0.2) is 17.3 Å². The molecule has 0 aliphatic heterocycles. The third-order valence-electron chi connectivity index (χ3n) is 4.42. The maximum atomic E-state index is 12.3. The van der Waals surface area contributed by atoms with E-state index in [1.54, 1.807) is 6.07 Å². The third kappa shape index (κ3) is 3.17. The summed E-state index contributed by atoms with van der Waals surface area (Å²) in [5.41, 5.74) is 1.18. The molecule has 4 rings (SSSR count). The van der Waals surface area contributed by atoms with Gasteiger partial charge in [-0.3, -0.25) is 4.79 Å². The van der Waals surface area contributed by atoms with Gasteiger partial charge in [-0.05, 0) is 12.8 Å². The molecule has 0 atom stereocenters. The molecule has 25 heavy (non-hydrogen) atoms. The molecule has 1 amide bonds. The zero-order valence-electron chi connectivity index (χ0n) is 13.8. The van der Waals surface area contributed by atoms with E-state index < -0.39 is 0 Å². The van der Waals surface area contributed by atoms with Crippen molar-refractivity contribution in [2.45, 2.75) is 38.1 Å². The summed E-state index contributed by atoms with van der Waals surface area (Å²) in [6, 6.07) is 11.3. The number of nitrogens with one attached hydrogen (secondary N) is 1. The van der Waals surface area contributed by atoms with Crippen molar-refractivity contribution in [3.63, 3.8) is 0 Å². The van der Waals surface area contributed by atoms with Gasteiger partial charge in [0.2, 0.25) is 5.89 Å². The zero-order chi connectivity index (χ0) is 17.2. The Morgan fingerprint density at radius 2 is 2.00 bits per heavy atom. The standard InChI is InChI=1S/C18H18N4O3/c1-2-16-20-18(25-22-16)12-8-13(9-12)19-17(23)14-10-15(24-21-14)11-6-4-3-5-7-11/h3-7,10,12-13H,2,8-9H2,1H3,(H,19,23). The molecule has 1 aromatic carbocycles. The molecule has 0 saturated heterocycles. The van der Waals surface area contributed by atoms with Gasteiger partial charge in [0, 0.05) is 30.0 Å². The Morgan fingerprint density at radius 1 is 1.20 bits per heavy atom. The van der Waals surface area contributed by atoms with Crippen molar-refractivity contribution in [2.75, 3.05) is 0 Å². The maximum absolute atomic E-state index is 12.3. The lowest BCUT2D eigenvalue weighted by atomic mass is 9.80. The quantitative estimate of drug-likeness (QED) is 0.768. The zero-order valence-corrected chi connectivity index (χ0v) is 13.8. The molecule has 1 fully saturated rings. The molecule has 7 heteroatoms. The van der Waals surface area contributed by atoms with E-state index in [4.69, 9.17) is 9.05 Å². The topological polar surface area (TPSA) is 94.1 Å². The molecular weight excluding hydrogens is 320 g/mol. The Kier molecular flexibility index (Phi) is 4.05. The van der Waals surface area contributed by atoms with E-state index in [-0.39, 0.29) is 23.6 Å². The van der Waals surface area contributed by atoms with Gasteiger partial charge in [-0.15, -0.1) is 0 Å². The number of aromatic nitrogens is 3. The number of rotatable bonds is 5. The minimum Gasteiger partial charge on any atom is -0.355 e. The molecule has 0 spiro atoms. The highest BCUT2D eigenvalue weighted by Crippen LogP contribution is 2.36. The molecule has 7 nitrogen and oxygen atoms in total. The van der Waals surface area contributed by atoms with E-state index in [1.807, 2.05) is 37.3 Å². The predicted octanol–water partition coefficient (Wildman–Crippen LogP) is 2.96. The van der Waals surface area contributed by atoms with Crippen molar-refractivity contribution >= 4 is 5.91 Å². The molecule has 0 bridgehead atoms. The van der Waals surface area contributed by atoms with Crippen molar-refractivity contribution in [1.82, 2.24) is 20.6 Å². The first-order valence-corrected chi connectivity index (χ1v) is 8.38. The molecule has 2 aromatic heterocycles. The summed E-state index contributed by atoms with van der Waals surface area (Å²) in [6.07, 6.45) is 2.34. The fraction of sp³-hybridized carbons (Fsp3) is 0.333. The summed E-state index contributed by atoms with van der Waals surface area (Å²) >= 11 is 0. The Bertz CT molecular complexity index is 865. The first kappa shape index (κ1) is 15.6. The highest BCUT2D eigenvalue weighted by molar-refractivity contribution is 5.93. The van der Waals surface area contributed by atoms with Crippen LogP contribution in [-0.2, 0) is 6.42 Å². The van der Waals surface area contributed by atoms with Crippen molar-refractivity contribution in [3.8, 4) is 11.3 Å². The summed E-state index contributed by atoms with van der Waals surface area (Å²) in [4.78, 5) is 16.6. The summed E-state index contributed by atoms with van der Waals surface area (Å²) in [7, 11) is 0. The van der Waals surface area contributed by atoms with Crippen LogP contribution in [0.4, 0.5) is 0 Å². The summed E-state index contributed by atoms with van der Waals surface area (Å²) in [5, 5.41) is 10.7. The van der Waals surface area contributed by atoms with Crippen LogP contribution in [0.25, 0.3) is 11.3 Å². The second-order valence-electron chi connectivity index (χ2n) is 6.18. The Morgan fingerprint density at radius 3 is 2.72 bits per heavy atom. The van der Waals surface area contributed by atoms with Crippen LogP contribution < -0.4 is 5.32 Å². The van der Waals surface area contributed by atoms with Crippen molar-refractivity contribution < 1.29 is 13.8 Å². The van der Waals surface area contributed by atoms with Gasteiger partial charge < -0.3 is 14.4 Å². The first-order valence-electron chi connectivity index (χ1n) is 8.38. The fourth-order valence-electron chi connectivity index (χ4n) is 2.89. The Hall–Kier alpha value is -2.96. The summed E-state index contributed by atoms with van der Waals surface area (Å²) in [6.45, 7) is 1.99. The summed E-state index contributed by atoms with van der Waals surface area (Å²) < 4.78 is 10.5. The predicted molar refractivity (Wildman–Crippen MR) is 88.8 cm³/mol. The van der Waals surface area contributed by atoms with Gasteiger partial charge in [-0.2, -0.15) is 4.98 Å². The minimum absolute atomic E-state index is 0.0892. The number of aryl methyl sites for hydroxylation is 1. The van der Waals surface area contributed by atoms with Crippen LogP contribution in [0.15, 0.2) is 45.4 Å². The average Bonchev–Trinajstić information content (AvgIpc) is 3.27. The molecule has 1 N–H and O–H groups in total. The highest BCUT2D eigenvalue weighted by Gasteiger charge is 2.35. The molecule has 0 unspecified atom stereocenters.